The molecule has 0 spiro atoms. The van der Waals surface area contributed by atoms with Crippen LogP contribution in [0.3, 0.4) is 0 Å². The summed E-state index contributed by atoms with van der Waals surface area (Å²) in [5, 5.41) is 10.5. The molecule has 4 rings (SSSR count). The van der Waals surface area contributed by atoms with Crippen molar-refractivity contribution in [1.29, 1.82) is 0 Å². The van der Waals surface area contributed by atoms with Crippen LogP contribution in [0.5, 0.6) is 17.2 Å². The zero-order chi connectivity index (χ0) is 20.1. The van der Waals surface area contributed by atoms with Gasteiger partial charge in [-0.05, 0) is 43.1 Å². The number of fused-ring (bicyclic) bond motifs is 1. The first kappa shape index (κ1) is 20.0. The highest BCUT2D eigenvalue weighted by molar-refractivity contribution is 5.44. The summed E-state index contributed by atoms with van der Waals surface area (Å²) in [6.07, 6.45) is 1.66. The summed E-state index contributed by atoms with van der Waals surface area (Å²) in [6.45, 7) is 3.47. The number of para-hydroxylation sites is 1. The lowest BCUT2D eigenvalue weighted by molar-refractivity contribution is 0.00722. The van der Waals surface area contributed by atoms with Crippen molar-refractivity contribution in [3.63, 3.8) is 0 Å². The summed E-state index contributed by atoms with van der Waals surface area (Å²) in [6, 6.07) is 14.3. The minimum Gasteiger partial charge on any atom is -0.496 e. The lowest BCUT2D eigenvalue weighted by Gasteiger charge is -2.28. The number of aliphatic hydroxyl groups excluding tert-OH is 1. The molecule has 6 heteroatoms. The average Bonchev–Trinajstić information content (AvgIpc) is 3.21. The van der Waals surface area contributed by atoms with Crippen LogP contribution in [0.15, 0.2) is 42.5 Å². The molecule has 0 unspecified atom stereocenters. The minimum absolute atomic E-state index is 0.287. The average molecular weight is 399 g/mol. The summed E-state index contributed by atoms with van der Waals surface area (Å²) in [5.41, 5.74) is 2.20. The zero-order valence-electron chi connectivity index (χ0n) is 16.9. The van der Waals surface area contributed by atoms with Crippen molar-refractivity contribution in [3.8, 4) is 17.2 Å². The van der Waals surface area contributed by atoms with Crippen LogP contribution in [0.1, 0.15) is 30.0 Å². The summed E-state index contributed by atoms with van der Waals surface area (Å²) < 4.78 is 22.5. The molecule has 29 heavy (non-hydrogen) atoms. The van der Waals surface area contributed by atoms with Gasteiger partial charge in [-0.15, -0.1) is 0 Å². The molecule has 2 atom stereocenters. The van der Waals surface area contributed by atoms with Crippen LogP contribution < -0.4 is 14.2 Å². The molecule has 0 radical (unpaired) electrons. The maximum absolute atomic E-state index is 10.5. The number of hydrogen-bond acceptors (Lipinski definition) is 6. The van der Waals surface area contributed by atoms with E-state index in [1.165, 1.54) is 5.56 Å². The van der Waals surface area contributed by atoms with E-state index >= 15 is 0 Å². The predicted octanol–water partition coefficient (Wildman–Crippen LogP) is 3.18. The van der Waals surface area contributed by atoms with Crippen LogP contribution in [0.4, 0.5) is 0 Å². The molecule has 0 saturated carbocycles. The molecule has 2 heterocycles. The van der Waals surface area contributed by atoms with Gasteiger partial charge in [-0.3, -0.25) is 4.90 Å². The van der Waals surface area contributed by atoms with E-state index in [9.17, 15) is 5.11 Å². The van der Waals surface area contributed by atoms with Crippen LogP contribution >= 0.6 is 0 Å². The van der Waals surface area contributed by atoms with E-state index in [0.29, 0.717) is 33.0 Å². The van der Waals surface area contributed by atoms with Gasteiger partial charge in [0.05, 0.1) is 26.4 Å². The first-order valence-corrected chi connectivity index (χ1v) is 10.3. The number of nitrogens with zero attached hydrogens (tertiary/aromatic N) is 1. The fraction of sp³-hybridized carbons (Fsp3) is 0.478. The quantitative estimate of drug-likeness (QED) is 0.736. The van der Waals surface area contributed by atoms with Gasteiger partial charge in [0.25, 0.3) is 0 Å². The molecule has 1 N–H and O–H groups in total. The van der Waals surface area contributed by atoms with E-state index < -0.39 is 6.10 Å². The van der Waals surface area contributed by atoms with Crippen molar-refractivity contribution in [2.75, 3.05) is 40.0 Å². The van der Waals surface area contributed by atoms with E-state index in [2.05, 4.69) is 17.0 Å². The van der Waals surface area contributed by atoms with Gasteiger partial charge < -0.3 is 24.1 Å². The number of β-amino-alcohol motifs (C(OH)–C–C–N with tert-alkyl or cyclic N) is 1. The van der Waals surface area contributed by atoms with E-state index in [1.807, 2.05) is 30.3 Å². The Balaban J connectivity index is 1.31. The van der Waals surface area contributed by atoms with Crippen LogP contribution in [0.25, 0.3) is 0 Å². The number of likely N-dealkylation sites (tertiary alicyclic amines) is 1. The molecule has 0 aliphatic carbocycles. The van der Waals surface area contributed by atoms with Gasteiger partial charge in [-0.2, -0.15) is 0 Å². The Morgan fingerprint density at radius 2 is 1.97 bits per heavy atom. The number of rotatable bonds is 8. The molecule has 1 saturated heterocycles. The highest BCUT2D eigenvalue weighted by Gasteiger charge is 2.28. The highest BCUT2D eigenvalue weighted by atomic mass is 16.6. The van der Waals surface area contributed by atoms with Crippen LogP contribution in [0, 0.1) is 0 Å². The normalized spacial score (nSPS) is 19.9. The summed E-state index contributed by atoms with van der Waals surface area (Å²) in [5.74, 6) is 2.44. The van der Waals surface area contributed by atoms with Gasteiger partial charge in [0.1, 0.15) is 19.0 Å². The molecule has 2 aliphatic rings. The molecule has 0 bridgehead atoms. The predicted molar refractivity (Wildman–Crippen MR) is 110 cm³/mol. The number of methoxy groups -OCH3 is 1. The van der Waals surface area contributed by atoms with Crippen molar-refractivity contribution < 1.29 is 24.1 Å². The van der Waals surface area contributed by atoms with Gasteiger partial charge in [0.2, 0.25) is 0 Å². The summed E-state index contributed by atoms with van der Waals surface area (Å²) >= 11 is 0. The number of benzene rings is 2. The third kappa shape index (κ3) is 4.83. The van der Waals surface area contributed by atoms with Crippen LogP contribution in [0.2, 0.25) is 0 Å². The molecule has 2 aromatic carbocycles. The maximum Gasteiger partial charge on any atom is 0.161 e. The highest BCUT2D eigenvalue weighted by Crippen LogP contribution is 2.38. The second kappa shape index (κ2) is 9.48. The summed E-state index contributed by atoms with van der Waals surface area (Å²) in [7, 11) is 1.65. The topological polar surface area (TPSA) is 60.4 Å². The molecule has 2 aliphatic heterocycles. The summed E-state index contributed by atoms with van der Waals surface area (Å²) in [4.78, 5) is 2.34. The Kier molecular flexibility index (Phi) is 6.54. The van der Waals surface area contributed by atoms with E-state index in [0.717, 1.165) is 42.2 Å². The number of aliphatic hydroxyl groups is 1. The SMILES string of the molecule is COc1ccccc1COC[C@@H](O)CN1CCC[C@@H]1c1ccc2c(c1)OCCO2. The molecule has 1 fully saturated rings. The minimum atomic E-state index is -0.539. The zero-order valence-corrected chi connectivity index (χ0v) is 16.9. The van der Waals surface area contributed by atoms with Crippen molar-refractivity contribution in [2.24, 2.45) is 0 Å². The van der Waals surface area contributed by atoms with Crippen LogP contribution in [-0.4, -0.2) is 56.1 Å². The van der Waals surface area contributed by atoms with Gasteiger partial charge in [-0.1, -0.05) is 24.3 Å². The fourth-order valence-electron chi connectivity index (χ4n) is 4.14. The van der Waals surface area contributed by atoms with Crippen molar-refractivity contribution >= 4 is 0 Å². The molecule has 0 aromatic heterocycles. The number of ether oxygens (including phenoxy) is 4. The number of hydrogen-bond donors (Lipinski definition) is 1. The third-order valence-electron chi connectivity index (χ3n) is 5.52. The Hall–Kier alpha value is -2.28. The smallest absolute Gasteiger partial charge is 0.161 e. The van der Waals surface area contributed by atoms with Crippen molar-refractivity contribution in [1.82, 2.24) is 4.90 Å². The van der Waals surface area contributed by atoms with E-state index in [-0.39, 0.29) is 6.04 Å². The molecule has 6 nitrogen and oxygen atoms in total. The lowest BCUT2D eigenvalue weighted by atomic mass is 10.0. The maximum atomic E-state index is 10.5. The second-order valence-corrected chi connectivity index (χ2v) is 7.54. The Bertz CT molecular complexity index is 812. The van der Waals surface area contributed by atoms with Gasteiger partial charge in [-0.25, -0.2) is 0 Å². The second-order valence-electron chi connectivity index (χ2n) is 7.54. The molecule has 156 valence electrons. The van der Waals surface area contributed by atoms with Crippen molar-refractivity contribution in [2.45, 2.75) is 31.6 Å². The van der Waals surface area contributed by atoms with Crippen LogP contribution in [-0.2, 0) is 11.3 Å². The van der Waals surface area contributed by atoms with Crippen molar-refractivity contribution in [3.05, 3.63) is 53.6 Å². The first-order chi connectivity index (χ1) is 14.2. The Labute approximate surface area is 171 Å². The molecule has 2 aromatic rings. The fourth-order valence-corrected chi connectivity index (χ4v) is 4.14. The third-order valence-corrected chi connectivity index (χ3v) is 5.52. The Morgan fingerprint density at radius 3 is 2.83 bits per heavy atom. The van der Waals surface area contributed by atoms with Gasteiger partial charge >= 0.3 is 0 Å². The molecular weight excluding hydrogens is 370 g/mol. The largest absolute Gasteiger partial charge is 0.496 e. The standard InChI is InChI=1S/C23H29NO5/c1-26-21-7-3-2-5-18(21)15-27-16-19(25)14-24-10-4-6-20(24)17-8-9-22-23(13-17)29-12-11-28-22/h2-3,5,7-9,13,19-20,25H,4,6,10-12,14-16H2,1H3/t19-,20+/m0/s1. The lowest BCUT2D eigenvalue weighted by Crippen LogP contribution is -2.34. The van der Waals surface area contributed by atoms with Gasteiger partial charge in [0.15, 0.2) is 11.5 Å². The molecular formula is C23H29NO5. The van der Waals surface area contributed by atoms with E-state index in [4.69, 9.17) is 18.9 Å². The molecule has 0 amide bonds. The van der Waals surface area contributed by atoms with Gasteiger partial charge in [0, 0.05) is 18.2 Å². The first-order valence-electron chi connectivity index (χ1n) is 10.3. The monoisotopic (exact) mass is 399 g/mol. The van der Waals surface area contributed by atoms with E-state index in [1.54, 1.807) is 7.11 Å². The Morgan fingerprint density at radius 1 is 1.14 bits per heavy atom.